The molecule has 1 fully saturated rings. The van der Waals surface area contributed by atoms with Crippen molar-refractivity contribution < 1.29 is 19.4 Å². The van der Waals surface area contributed by atoms with E-state index in [0.29, 0.717) is 18.8 Å². The molecular weight excluding hydrogens is 208 g/mol. The first-order valence-corrected chi connectivity index (χ1v) is 5.81. The van der Waals surface area contributed by atoms with Gasteiger partial charge in [0, 0.05) is 20.6 Å². The van der Waals surface area contributed by atoms with Gasteiger partial charge in [-0.25, -0.2) is 0 Å². The van der Waals surface area contributed by atoms with Gasteiger partial charge < -0.3 is 19.4 Å². The van der Waals surface area contributed by atoms with Crippen LogP contribution in [0.1, 0.15) is 32.6 Å². The van der Waals surface area contributed by atoms with Crippen molar-refractivity contribution in [3.63, 3.8) is 0 Å². The zero-order valence-corrected chi connectivity index (χ0v) is 10.3. The lowest BCUT2D eigenvalue weighted by Crippen LogP contribution is -2.46. The molecule has 0 radical (unpaired) electrons. The Hall–Kier alpha value is -0.450. The van der Waals surface area contributed by atoms with Crippen LogP contribution >= 0.6 is 0 Å². The summed E-state index contributed by atoms with van der Waals surface area (Å²) in [6.45, 7) is 1.60. The van der Waals surface area contributed by atoms with Gasteiger partial charge in [-0.15, -0.1) is 0 Å². The van der Waals surface area contributed by atoms with Crippen molar-refractivity contribution in [1.29, 1.82) is 0 Å². The summed E-state index contributed by atoms with van der Waals surface area (Å²) in [7, 11) is 3.23. The summed E-state index contributed by atoms with van der Waals surface area (Å²) in [5.74, 6) is 0.563. The number of carbonyl (C=O) groups is 1. The Balaban J connectivity index is 2.49. The van der Waals surface area contributed by atoms with Gasteiger partial charge in [0.15, 0.2) is 0 Å². The van der Waals surface area contributed by atoms with Crippen molar-refractivity contribution in [2.45, 2.75) is 50.9 Å². The van der Waals surface area contributed by atoms with Crippen molar-refractivity contribution in [3.8, 4) is 0 Å². The number of ether oxygens (including phenoxy) is 2. The molecule has 0 bridgehead atoms. The lowest BCUT2D eigenvalue weighted by atomic mass is 9.80. The summed E-state index contributed by atoms with van der Waals surface area (Å²) in [6, 6.07) is 0. The lowest BCUT2D eigenvalue weighted by Gasteiger charge is -2.37. The van der Waals surface area contributed by atoms with E-state index < -0.39 is 6.10 Å². The standard InChI is InChI=1S/C12H22O4/c1-8(13)4-5-9-6-10(14)12(16-3)11(7-9)15-2/h9-12,14H,4-7H2,1-3H3. The second kappa shape index (κ2) is 6.33. The molecule has 4 nitrogen and oxygen atoms in total. The summed E-state index contributed by atoms with van der Waals surface area (Å²) in [5, 5.41) is 9.92. The van der Waals surface area contributed by atoms with Gasteiger partial charge in [-0.05, 0) is 32.1 Å². The number of ketones is 1. The van der Waals surface area contributed by atoms with Crippen LogP contribution in [-0.4, -0.2) is 43.4 Å². The van der Waals surface area contributed by atoms with Crippen LogP contribution in [0.3, 0.4) is 0 Å². The minimum absolute atomic E-state index is 0.0642. The van der Waals surface area contributed by atoms with Gasteiger partial charge in [-0.3, -0.25) is 0 Å². The zero-order chi connectivity index (χ0) is 12.1. The maximum absolute atomic E-state index is 10.9. The molecule has 0 aromatic carbocycles. The predicted octanol–water partition coefficient (Wildman–Crippen LogP) is 1.16. The Morgan fingerprint density at radius 2 is 2.00 bits per heavy atom. The molecule has 1 aliphatic rings. The highest BCUT2D eigenvalue weighted by molar-refractivity contribution is 5.75. The van der Waals surface area contributed by atoms with E-state index in [9.17, 15) is 9.90 Å². The molecule has 4 heteroatoms. The Kier molecular flexibility index (Phi) is 5.38. The molecule has 1 aliphatic carbocycles. The molecule has 4 atom stereocenters. The van der Waals surface area contributed by atoms with Gasteiger partial charge in [-0.1, -0.05) is 0 Å². The van der Waals surface area contributed by atoms with Crippen LogP contribution in [-0.2, 0) is 14.3 Å². The molecule has 0 heterocycles. The van der Waals surface area contributed by atoms with Crippen molar-refractivity contribution in [3.05, 3.63) is 0 Å². The molecule has 0 amide bonds. The van der Waals surface area contributed by atoms with Crippen LogP contribution in [0.2, 0.25) is 0 Å². The van der Waals surface area contributed by atoms with E-state index in [1.165, 1.54) is 0 Å². The summed E-state index contributed by atoms with van der Waals surface area (Å²) in [4.78, 5) is 10.9. The SMILES string of the molecule is COC1CC(CCC(C)=O)CC(O)C1OC. The third kappa shape index (κ3) is 3.54. The zero-order valence-electron chi connectivity index (χ0n) is 10.3. The first-order chi connectivity index (χ1) is 7.58. The lowest BCUT2D eigenvalue weighted by molar-refractivity contribution is -0.132. The molecule has 0 spiro atoms. The number of carbonyl (C=O) groups excluding carboxylic acids is 1. The van der Waals surface area contributed by atoms with E-state index in [0.717, 1.165) is 12.8 Å². The maximum Gasteiger partial charge on any atom is 0.129 e. The fourth-order valence-corrected chi connectivity index (χ4v) is 2.46. The van der Waals surface area contributed by atoms with Gasteiger partial charge in [0.25, 0.3) is 0 Å². The van der Waals surface area contributed by atoms with Crippen LogP contribution in [0.15, 0.2) is 0 Å². The Morgan fingerprint density at radius 3 is 2.50 bits per heavy atom. The number of aliphatic hydroxyl groups is 1. The molecule has 1 N–H and O–H groups in total. The van der Waals surface area contributed by atoms with Gasteiger partial charge >= 0.3 is 0 Å². The molecule has 0 aromatic rings. The Labute approximate surface area is 96.9 Å². The van der Waals surface area contributed by atoms with Crippen LogP contribution in [0.25, 0.3) is 0 Å². The molecule has 16 heavy (non-hydrogen) atoms. The minimum atomic E-state index is -0.486. The molecule has 1 rings (SSSR count). The molecule has 0 saturated heterocycles. The average Bonchev–Trinajstić information content (AvgIpc) is 2.25. The van der Waals surface area contributed by atoms with Crippen LogP contribution < -0.4 is 0 Å². The van der Waals surface area contributed by atoms with Gasteiger partial charge in [-0.2, -0.15) is 0 Å². The van der Waals surface area contributed by atoms with E-state index in [4.69, 9.17) is 9.47 Å². The number of rotatable bonds is 5. The quantitative estimate of drug-likeness (QED) is 0.770. The fourth-order valence-electron chi connectivity index (χ4n) is 2.46. The fraction of sp³-hybridized carbons (Fsp3) is 0.917. The number of hydrogen-bond acceptors (Lipinski definition) is 4. The van der Waals surface area contributed by atoms with Gasteiger partial charge in [0.2, 0.25) is 0 Å². The van der Waals surface area contributed by atoms with Crippen LogP contribution in [0.4, 0.5) is 0 Å². The maximum atomic E-state index is 10.9. The normalized spacial score (nSPS) is 35.0. The van der Waals surface area contributed by atoms with Gasteiger partial charge in [0.1, 0.15) is 11.9 Å². The first kappa shape index (κ1) is 13.6. The summed E-state index contributed by atoms with van der Waals surface area (Å²) in [5.41, 5.74) is 0. The van der Waals surface area contributed by atoms with E-state index in [1.807, 2.05) is 0 Å². The van der Waals surface area contributed by atoms with E-state index >= 15 is 0 Å². The second-order valence-corrected chi connectivity index (χ2v) is 4.62. The molecule has 0 aliphatic heterocycles. The monoisotopic (exact) mass is 230 g/mol. The van der Waals surface area contributed by atoms with Crippen LogP contribution in [0, 0.1) is 5.92 Å². The molecule has 0 aromatic heterocycles. The summed E-state index contributed by atoms with van der Waals surface area (Å²) in [6.07, 6.45) is 2.20. The highest BCUT2D eigenvalue weighted by Gasteiger charge is 2.37. The van der Waals surface area contributed by atoms with Crippen molar-refractivity contribution in [2.75, 3.05) is 14.2 Å². The molecule has 4 unspecified atom stereocenters. The smallest absolute Gasteiger partial charge is 0.129 e. The summed E-state index contributed by atoms with van der Waals surface area (Å²) >= 11 is 0. The highest BCUT2D eigenvalue weighted by atomic mass is 16.5. The van der Waals surface area contributed by atoms with Gasteiger partial charge in [0.05, 0.1) is 12.2 Å². The topological polar surface area (TPSA) is 55.8 Å². The van der Waals surface area contributed by atoms with E-state index in [2.05, 4.69) is 0 Å². The molecule has 94 valence electrons. The van der Waals surface area contributed by atoms with E-state index in [1.54, 1.807) is 21.1 Å². The van der Waals surface area contributed by atoms with Crippen molar-refractivity contribution in [2.24, 2.45) is 5.92 Å². The van der Waals surface area contributed by atoms with E-state index in [-0.39, 0.29) is 18.0 Å². The number of hydrogen-bond donors (Lipinski definition) is 1. The number of aliphatic hydroxyl groups excluding tert-OH is 1. The highest BCUT2D eigenvalue weighted by Crippen LogP contribution is 2.31. The second-order valence-electron chi connectivity index (χ2n) is 4.62. The predicted molar refractivity (Wildman–Crippen MR) is 60.2 cm³/mol. The number of Topliss-reactive ketones (excluding diaryl/α,β-unsaturated/α-hetero) is 1. The third-order valence-electron chi connectivity index (χ3n) is 3.37. The largest absolute Gasteiger partial charge is 0.390 e. The van der Waals surface area contributed by atoms with Crippen molar-refractivity contribution in [1.82, 2.24) is 0 Å². The Morgan fingerprint density at radius 1 is 1.31 bits per heavy atom. The average molecular weight is 230 g/mol. The molecular formula is C12H22O4. The molecule has 1 saturated carbocycles. The minimum Gasteiger partial charge on any atom is -0.390 e. The number of methoxy groups -OCH3 is 2. The van der Waals surface area contributed by atoms with Crippen molar-refractivity contribution >= 4 is 5.78 Å². The summed E-state index contributed by atoms with van der Waals surface area (Å²) < 4.78 is 10.6. The van der Waals surface area contributed by atoms with Crippen LogP contribution in [0.5, 0.6) is 0 Å². The first-order valence-electron chi connectivity index (χ1n) is 5.81. The third-order valence-corrected chi connectivity index (χ3v) is 3.37. The Bertz CT molecular complexity index is 229.